The first kappa shape index (κ1) is 12.0. The fraction of sp³-hybridized carbons (Fsp3) is 0. The van der Waals surface area contributed by atoms with E-state index in [0.717, 1.165) is 10.6 Å². The molecular formula is C12H12OS2. The Balaban J connectivity index is 0.00000112. The van der Waals surface area contributed by atoms with E-state index >= 15 is 0 Å². The van der Waals surface area contributed by atoms with Crippen molar-refractivity contribution in [1.82, 2.24) is 0 Å². The molecule has 0 N–H and O–H groups in total. The minimum absolute atomic E-state index is 0. The molecular weight excluding hydrogens is 224 g/mol. The van der Waals surface area contributed by atoms with Gasteiger partial charge < -0.3 is 4.18 Å². The lowest BCUT2D eigenvalue weighted by Gasteiger charge is -2.02. The molecule has 0 amide bonds. The van der Waals surface area contributed by atoms with Gasteiger partial charge in [-0.05, 0) is 24.3 Å². The van der Waals surface area contributed by atoms with E-state index in [1.165, 1.54) is 12.0 Å². The summed E-state index contributed by atoms with van der Waals surface area (Å²) in [6.07, 6.45) is 0. The number of benzene rings is 2. The molecule has 0 atom stereocenters. The number of para-hydroxylation sites is 1. The van der Waals surface area contributed by atoms with Crippen molar-refractivity contribution in [3.63, 3.8) is 0 Å². The van der Waals surface area contributed by atoms with Gasteiger partial charge in [0.1, 0.15) is 5.75 Å². The van der Waals surface area contributed by atoms with Crippen molar-refractivity contribution in [2.45, 2.75) is 4.90 Å². The highest BCUT2D eigenvalue weighted by Crippen LogP contribution is 2.22. The Labute approximate surface area is 101 Å². The molecule has 0 fully saturated rings. The molecule has 2 aromatic rings. The highest BCUT2D eigenvalue weighted by atomic mass is 32.2. The van der Waals surface area contributed by atoms with Crippen LogP contribution < -0.4 is 4.18 Å². The van der Waals surface area contributed by atoms with Gasteiger partial charge in [0.2, 0.25) is 0 Å². The zero-order chi connectivity index (χ0) is 9.64. The molecule has 1 nitrogen and oxygen atoms in total. The van der Waals surface area contributed by atoms with Crippen molar-refractivity contribution in [2.75, 3.05) is 0 Å². The second-order valence-electron chi connectivity index (χ2n) is 2.79. The molecule has 0 saturated carbocycles. The van der Waals surface area contributed by atoms with Crippen LogP contribution in [-0.2, 0) is 0 Å². The summed E-state index contributed by atoms with van der Waals surface area (Å²) in [7, 11) is 0. The fourth-order valence-corrected chi connectivity index (χ4v) is 1.62. The van der Waals surface area contributed by atoms with Crippen LogP contribution in [0.3, 0.4) is 0 Å². The maximum Gasteiger partial charge on any atom is 0.137 e. The summed E-state index contributed by atoms with van der Waals surface area (Å²) >= 11 is 1.37. The van der Waals surface area contributed by atoms with Gasteiger partial charge in [-0.15, -0.1) is 0 Å². The van der Waals surface area contributed by atoms with Crippen molar-refractivity contribution >= 4 is 25.5 Å². The lowest BCUT2D eigenvalue weighted by atomic mass is 10.3. The fourth-order valence-electron chi connectivity index (χ4n) is 1.05. The van der Waals surface area contributed by atoms with E-state index in [4.69, 9.17) is 4.18 Å². The van der Waals surface area contributed by atoms with Gasteiger partial charge in [0.05, 0.1) is 12.0 Å². The minimum Gasteiger partial charge on any atom is -0.421 e. The van der Waals surface area contributed by atoms with Crippen LogP contribution in [0.25, 0.3) is 0 Å². The Hall–Kier alpha value is -1.06. The van der Waals surface area contributed by atoms with Gasteiger partial charge in [-0.3, -0.25) is 0 Å². The summed E-state index contributed by atoms with van der Waals surface area (Å²) in [6.45, 7) is 0. The summed E-state index contributed by atoms with van der Waals surface area (Å²) in [5, 5.41) is 0. The molecule has 0 bridgehead atoms. The van der Waals surface area contributed by atoms with Gasteiger partial charge in [0.15, 0.2) is 0 Å². The Kier molecular flexibility index (Phi) is 5.15. The molecule has 0 aliphatic carbocycles. The predicted molar refractivity (Wildman–Crippen MR) is 69.8 cm³/mol. The SMILES string of the molecule is S.c1ccc(OSc2ccccc2)cc1. The van der Waals surface area contributed by atoms with Crippen molar-refractivity contribution < 1.29 is 4.18 Å². The minimum atomic E-state index is 0. The molecule has 0 aromatic heterocycles. The molecule has 0 spiro atoms. The quantitative estimate of drug-likeness (QED) is 0.748. The zero-order valence-corrected chi connectivity index (χ0v) is 9.91. The largest absolute Gasteiger partial charge is 0.421 e. The normalized spacial score (nSPS) is 9.07. The summed E-state index contributed by atoms with van der Waals surface area (Å²) in [4.78, 5) is 1.11. The van der Waals surface area contributed by atoms with E-state index in [1.54, 1.807) is 0 Å². The molecule has 0 unspecified atom stereocenters. The van der Waals surface area contributed by atoms with Crippen LogP contribution in [0.15, 0.2) is 65.6 Å². The van der Waals surface area contributed by atoms with Crippen LogP contribution in [0.2, 0.25) is 0 Å². The topological polar surface area (TPSA) is 9.23 Å². The molecule has 3 heteroatoms. The van der Waals surface area contributed by atoms with Gasteiger partial charge in [0.25, 0.3) is 0 Å². The molecule has 2 rings (SSSR count). The van der Waals surface area contributed by atoms with E-state index in [-0.39, 0.29) is 13.5 Å². The maximum atomic E-state index is 5.51. The zero-order valence-electron chi connectivity index (χ0n) is 8.09. The third-order valence-corrected chi connectivity index (χ3v) is 2.46. The summed E-state index contributed by atoms with van der Waals surface area (Å²) in [5.41, 5.74) is 0. The molecule has 0 aliphatic heterocycles. The summed E-state index contributed by atoms with van der Waals surface area (Å²) in [6, 6.07) is 19.8. The van der Waals surface area contributed by atoms with Gasteiger partial charge in [-0.1, -0.05) is 36.4 Å². The molecule has 15 heavy (non-hydrogen) atoms. The first-order valence-corrected chi connectivity index (χ1v) is 5.14. The monoisotopic (exact) mass is 236 g/mol. The van der Waals surface area contributed by atoms with E-state index in [1.807, 2.05) is 60.7 Å². The molecule has 78 valence electrons. The van der Waals surface area contributed by atoms with Crippen LogP contribution in [0.1, 0.15) is 0 Å². The predicted octanol–water partition coefficient (Wildman–Crippen LogP) is 3.89. The Bertz CT molecular complexity index is 336. The third kappa shape index (κ3) is 3.90. The first-order valence-electron chi connectivity index (χ1n) is 4.40. The van der Waals surface area contributed by atoms with Gasteiger partial charge >= 0.3 is 0 Å². The van der Waals surface area contributed by atoms with Crippen LogP contribution in [0, 0.1) is 0 Å². The lowest BCUT2D eigenvalue weighted by Crippen LogP contribution is -1.80. The third-order valence-electron chi connectivity index (χ3n) is 1.72. The van der Waals surface area contributed by atoms with E-state index < -0.39 is 0 Å². The summed E-state index contributed by atoms with van der Waals surface area (Å²) < 4.78 is 5.51. The van der Waals surface area contributed by atoms with Crippen LogP contribution in [0.5, 0.6) is 5.75 Å². The second kappa shape index (κ2) is 6.43. The number of rotatable bonds is 3. The summed E-state index contributed by atoms with van der Waals surface area (Å²) in [5.74, 6) is 0.876. The van der Waals surface area contributed by atoms with Crippen molar-refractivity contribution in [3.8, 4) is 5.75 Å². The number of hydrogen-bond acceptors (Lipinski definition) is 2. The van der Waals surface area contributed by atoms with Crippen molar-refractivity contribution in [2.24, 2.45) is 0 Å². The Morgan fingerprint density at radius 1 is 0.733 bits per heavy atom. The first-order chi connectivity index (χ1) is 6.95. The molecule has 0 saturated heterocycles. The average Bonchev–Trinajstić information content (AvgIpc) is 2.29. The Morgan fingerprint density at radius 3 is 1.87 bits per heavy atom. The number of hydrogen-bond donors (Lipinski definition) is 0. The van der Waals surface area contributed by atoms with Crippen molar-refractivity contribution in [1.29, 1.82) is 0 Å². The van der Waals surface area contributed by atoms with Gasteiger partial charge in [-0.25, -0.2) is 0 Å². The van der Waals surface area contributed by atoms with E-state index in [0.29, 0.717) is 0 Å². The lowest BCUT2D eigenvalue weighted by molar-refractivity contribution is 0.646. The van der Waals surface area contributed by atoms with Gasteiger partial charge in [0, 0.05) is 4.90 Å². The van der Waals surface area contributed by atoms with Crippen molar-refractivity contribution in [3.05, 3.63) is 60.7 Å². The standard InChI is InChI=1S/C12H10OS.H2S/c1-3-7-11(8-4-1)13-14-12-9-5-2-6-10-12;/h1-10H;1H2. The van der Waals surface area contributed by atoms with Crippen LogP contribution in [0.4, 0.5) is 0 Å². The smallest absolute Gasteiger partial charge is 0.137 e. The van der Waals surface area contributed by atoms with Gasteiger partial charge in [-0.2, -0.15) is 13.5 Å². The van der Waals surface area contributed by atoms with Crippen LogP contribution >= 0.6 is 25.5 Å². The maximum absolute atomic E-state index is 5.51. The molecule has 0 aliphatic rings. The highest BCUT2D eigenvalue weighted by Gasteiger charge is 1.94. The second-order valence-corrected chi connectivity index (χ2v) is 3.60. The molecule has 0 heterocycles. The van der Waals surface area contributed by atoms with E-state index in [9.17, 15) is 0 Å². The van der Waals surface area contributed by atoms with E-state index in [2.05, 4.69) is 0 Å². The highest BCUT2D eigenvalue weighted by molar-refractivity contribution is 7.95. The molecule has 2 aromatic carbocycles. The average molecular weight is 236 g/mol. The molecule has 0 radical (unpaired) electrons. The van der Waals surface area contributed by atoms with Crippen LogP contribution in [-0.4, -0.2) is 0 Å². The Morgan fingerprint density at radius 2 is 1.27 bits per heavy atom.